The lowest BCUT2D eigenvalue weighted by Gasteiger charge is -2.58. The normalized spacial score (nSPS) is 50.5. The van der Waals surface area contributed by atoms with Gasteiger partial charge in [0.15, 0.2) is 5.79 Å². The monoisotopic (exact) mass is 341 g/mol. The molecule has 6 atom stereocenters. The van der Waals surface area contributed by atoms with E-state index in [1.807, 2.05) is 0 Å². The van der Waals surface area contributed by atoms with Crippen LogP contribution >= 0.6 is 0 Å². The minimum absolute atomic E-state index is 0.269. The average molecular weight is 341 g/mol. The van der Waals surface area contributed by atoms with Crippen molar-refractivity contribution < 1.29 is 9.47 Å². The maximum absolute atomic E-state index is 9.63. The van der Waals surface area contributed by atoms with Crippen LogP contribution in [0.4, 0.5) is 0 Å². The summed E-state index contributed by atoms with van der Waals surface area (Å²) in [4.78, 5) is 0. The molecule has 3 nitrogen and oxygen atoms in total. The predicted molar refractivity (Wildman–Crippen MR) is 95.4 cm³/mol. The maximum atomic E-state index is 9.63. The van der Waals surface area contributed by atoms with Gasteiger partial charge in [-0.05, 0) is 67.1 Å². The number of fused-ring (bicyclic) bond motifs is 5. The summed E-state index contributed by atoms with van der Waals surface area (Å²) in [5, 5.41) is 9.63. The molecule has 3 saturated carbocycles. The Morgan fingerprint density at radius 2 is 1.84 bits per heavy atom. The molecule has 4 aliphatic carbocycles. The topological polar surface area (TPSA) is 42.2 Å². The molecule has 5 rings (SSSR count). The van der Waals surface area contributed by atoms with Crippen LogP contribution in [0.25, 0.3) is 0 Å². The van der Waals surface area contributed by atoms with E-state index in [4.69, 9.17) is 9.47 Å². The number of hydrogen-bond acceptors (Lipinski definition) is 3. The Balaban J connectivity index is 1.45. The van der Waals surface area contributed by atoms with E-state index in [2.05, 4.69) is 26.0 Å². The number of rotatable bonds is 0. The summed E-state index contributed by atoms with van der Waals surface area (Å²) in [6.07, 6.45) is 11.9. The standard InChI is InChI=1S/C22H31NO2/c1-20-8-7-19-17(18(20)6-4-16(20)14-23)5-3-15-13-22(24-11-12-25-22)10-9-21(15,19)2/h3,16-19H,4-13H2,1-2H3/t16-,17-,18+,19-,20-,21+/m1/s1. The Morgan fingerprint density at radius 3 is 2.60 bits per heavy atom. The highest BCUT2D eigenvalue weighted by atomic mass is 16.7. The van der Waals surface area contributed by atoms with E-state index in [1.165, 1.54) is 32.1 Å². The van der Waals surface area contributed by atoms with Crippen LogP contribution in [-0.4, -0.2) is 19.0 Å². The first-order chi connectivity index (χ1) is 12.0. The van der Waals surface area contributed by atoms with Crippen LogP contribution in [0.5, 0.6) is 0 Å². The Kier molecular flexibility index (Phi) is 3.48. The van der Waals surface area contributed by atoms with Crippen molar-refractivity contribution in [3.8, 4) is 6.07 Å². The van der Waals surface area contributed by atoms with Gasteiger partial charge in [0.25, 0.3) is 0 Å². The van der Waals surface area contributed by atoms with Crippen LogP contribution in [-0.2, 0) is 9.47 Å². The van der Waals surface area contributed by atoms with E-state index in [0.29, 0.717) is 5.41 Å². The summed E-state index contributed by atoms with van der Waals surface area (Å²) in [6.45, 7) is 6.46. The van der Waals surface area contributed by atoms with Gasteiger partial charge in [-0.15, -0.1) is 0 Å². The van der Waals surface area contributed by atoms with Crippen LogP contribution < -0.4 is 0 Å². The molecule has 0 bridgehead atoms. The first-order valence-electron chi connectivity index (χ1n) is 10.4. The molecular weight excluding hydrogens is 310 g/mol. The molecule has 0 N–H and O–H groups in total. The lowest BCUT2D eigenvalue weighted by molar-refractivity contribution is -0.185. The van der Waals surface area contributed by atoms with Gasteiger partial charge in [0.05, 0.1) is 25.2 Å². The minimum atomic E-state index is -0.305. The zero-order valence-corrected chi connectivity index (χ0v) is 15.7. The number of nitriles is 1. The second-order valence-corrected chi connectivity index (χ2v) is 9.85. The van der Waals surface area contributed by atoms with Gasteiger partial charge >= 0.3 is 0 Å². The highest BCUT2D eigenvalue weighted by Crippen LogP contribution is 2.66. The number of ether oxygens (including phenoxy) is 2. The summed E-state index contributed by atoms with van der Waals surface area (Å²) in [5.41, 5.74) is 2.21. The zero-order chi connectivity index (χ0) is 17.3. The molecule has 5 aliphatic rings. The molecule has 25 heavy (non-hydrogen) atoms. The van der Waals surface area contributed by atoms with E-state index < -0.39 is 0 Å². The van der Waals surface area contributed by atoms with E-state index >= 15 is 0 Å². The molecule has 0 unspecified atom stereocenters. The lowest BCUT2D eigenvalue weighted by Crippen LogP contribution is -2.52. The van der Waals surface area contributed by atoms with Crippen molar-refractivity contribution in [1.82, 2.24) is 0 Å². The van der Waals surface area contributed by atoms with Crippen LogP contribution in [0.15, 0.2) is 11.6 Å². The van der Waals surface area contributed by atoms with Gasteiger partial charge in [-0.1, -0.05) is 25.5 Å². The fourth-order valence-electron chi connectivity index (χ4n) is 7.56. The Morgan fingerprint density at radius 1 is 1.04 bits per heavy atom. The third-order valence-electron chi connectivity index (χ3n) is 9.08. The molecule has 1 aliphatic heterocycles. The second-order valence-electron chi connectivity index (χ2n) is 9.85. The average Bonchev–Trinajstić information content (AvgIpc) is 3.19. The highest BCUT2D eigenvalue weighted by Gasteiger charge is 2.60. The third-order valence-corrected chi connectivity index (χ3v) is 9.08. The smallest absolute Gasteiger partial charge is 0.172 e. The van der Waals surface area contributed by atoms with Crippen LogP contribution in [0, 0.1) is 45.8 Å². The van der Waals surface area contributed by atoms with E-state index in [1.54, 1.807) is 5.57 Å². The van der Waals surface area contributed by atoms with E-state index in [9.17, 15) is 5.26 Å². The summed E-state index contributed by atoms with van der Waals surface area (Å²) in [5.74, 6) is 2.31. The van der Waals surface area contributed by atoms with Crippen molar-refractivity contribution in [2.24, 2.45) is 34.5 Å². The number of hydrogen-bond donors (Lipinski definition) is 0. The highest BCUT2D eigenvalue weighted by molar-refractivity contribution is 5.27. The molecule has 1 heterocycles. The van der Waals surface area contributed by atoms with Crippen molar-refractivity contribution >= 4 is 0 Å². The van der Waals surface area contributed by atoms with Crippen LogP contribution in [0.1, 0.15) is 65.2 Å². The number of nitrogens with zero attached hydrogens (tertiary/aromatic N) is 1. The van der Waals surface area contributed by atoms with Gasteiger partial charge in [0, 0.05) is 12.8 Å². The van der Waals surface area contributed by atoms with Gasteiger partial charge in [0.1, 0.15) is 0 Å². The molecule has 0 aromatic rings. The van der Waals surface area contributed by atoms with E-state index in [0.717, 1.165) is 50.2 Å². The largest absolute Gasteiger partial charge is 0.347 e. The Hall–Kier alpha value is -0.850. The molecule has 1 spiro atoms. The molecular formula is C22H31NO2. The Labute approximate surface area is 151 Å². The zero-order valence-electron chi connectivity index (χ0n) is 15.7. The summed E-state index contributed by atoms with van der Waals surface area (Å²) < 4.78 is 12.1. The molecule has 0 amide bonds. The summed E-state index contributed by atoms with van der Waals surface area (Å²) in [7, 11) is 0. The van der Waals surface area contributed by atoms with Crippen molar-refractivity contribution in [2.45, 2.75) is 71.0 Å². The summed E-state index contributed by atoms with van der Waals surface area (Å²) >= 11 is 0. The molecule has 0 aromatic carbocycles. The van der Waals surface area contributed by atoms with Crippen molar-refractivity contribution in [2.75, 3.05) is 13.2 Å². The molecule has 0 aromatic heterocycles. The lowest BCUT2D eigenvalue weighted by atomic mass is 9.47. The second kappa shape index (κ2) is 5.33. The van der Waals surface area contributed by atoms with Crippen molar-refractivity contribution in [3.05, 3.63) is 11.6 Å². The van der Waals surface area contributed by atoms with Gasteiger partial charge in [0.2, 0.25) is 0 Å². The van der Waals surface area contributed by atoms with E-state index in [-0.39, 0.29) is 17.1 Å². The predicted octanol–water partition coefficient (Wildman–Crippen LogP) is 4.83. The fraction of sp³-hybridized carbons (Fsp3) is 0.864. The van der Waals surface area contributed by atoms with Gasteiger partial charge in [-0.25, -0.2) is 0 Å². The molecule has 0 radical (unpaired) electrons. The first kappa shape index (κ1) is 16.3. The first-order valence-corrected chi connectivity index (χ1v) is 10.4. The van der Waals surface area contributed by atoms with Crippen LogP contribution in [0.3, 0.4) is 0 Å². The minimum Gasteiger partial charge on any atom is -0.347 e. The fourth-order valence-corrected chi connectivity index (χ4v) is 7.56. The maximum Gasteiger partial charge on any atom is 0.172 e. The molecule has 136 valence electrons. The Bertz CT molecular complexity index is 643. The van der Waals surface area contributed by atoms with Crippen LogP contribution in [0.2, 0.25) is 0 Å². The van der Waals surface area contributed by atoms with Gasteiger partial charge < -0.3 is 9.47 Å². The molecule has 3 heteroatoms. The van der Waals surface area contributed by atoms with Gasteiger partial charge in [-0.3, -0.25) is 0 Å². The summed E-state index contributed by atoms with van der Waals surface area (Å²) in [6, 6.07) is 2.65. The molecule has 4 fully saturated rings. The quantitative estimate of drug-likeness (QED) is 0.593. The third kappa shape index (κ3) is 2.10. The van der Waals surface area contributed by atoms with Gasteiger partial charge in [-0.2, -0.15) is 5.26 Å². The van der Waals surface area contributed by atoms with Crippen molar-refractivity contribution in [3.63, 3.8) is 0 Å². The molecule has 1 saturated heterocycles. The van der Waals surface area contributed by atoms with Crippen molar-refractivity contribution in [1.29, 1.82) is 5.26 Å². The number of allylic oxidation sites excluding steroid dienone is 1. The SMILES string of the molecule is C[C@]12CC[C@@H]3[C@H](CC=C4CC5(CC[C@@]43C)OCCO5)[C@@H]1CC[C@@H]2C#N.